The minimum atomic E-state index is -1.09. The van der Waals surface area contributed by atoms with Crippen molar-refractivity contribution < 1.29 is 14.7 Å². The lowest BCUT2D eigenvalue weighted by Crippen LogP contribution is -2.14. The van der Waals surface area contributed by atoms with Crippen molar-refractivity contribution >= 4 is 17.6 Å². The Bertz CT molecular complexity index is 731. The minimum Gasteiger partial charge on any atom is -0.477 e. The Kier molecular flexibility index (Phi) is 3.25. The molecule has 0 atom stereocenters. The molecule has 1 aliphatic carbocycles. The number of aromatic nitrogens is 1. The number of hydrogen-bond donors (Lipinski definition) is 3. The van der Waals surface area contributed by atoms with Crippen LogP contribution >= 0.6 is 0 Å². The highest BCUT2D eigenvalue weighted by Crippen LogP contribution is 2.24. The molecule has 0 unspecified atom stereocenters. The van der Waals surface area contributed by atoms with Gasteiger partial charge in [0, 0.05) is 11.3 Å². The van der Waals surface area contributed by atoms with E-state index >= 15 is 0 Å². The molecule has 108 valence electrons. The molecule has 3 rings (SSSR count). The van der Waals surface area contributed by atoms with Crippen molar-refractivity contribution in [1.82, 2.24) is 4.98 Å². The zero-order valence-corrected chi connectivity index (χ0v) is 11.7. The number of aryl methyl sites for hydroxylation is 3. The number of amides is 1. The minimum absolute atomic E-state index is 0.00186. The van der Waals surface area contributed by atoms with Crippen molar-refractivity contribution in [3.8, 4) is 0 Å². The molecule has 0 saturated heterocycles. The number of carbonyl (C=O) groups is 2. The molecule has 0 aliphatic heterocycles. The number of aromatic amines is 1. The summed E-state index contributed by atoms with van der Waals surface area (Å²) in [5.74, 6) is -1.38. The van der Waals surface area contributed by atoms with Crippen LogP contribution in [0.2, 0.25) is 0 Å². The van der Waals surface area contributed by atoms with Crippen molar-refractivity contribution in [1.29, 1.82) is 0 Å². The number of nitrogens with one attached hydrogen (secondary N) is 2. The lowest BCUT2D eigenvalue weighted by molar-refractivity contribution is 0.0692. The lowest BCUT2D eigenvalue weighted by Gasteiger charge is -2.06. The quantitative estimate of drug-likeness (QED) is 0.810. The number of benzene rings is 1. The van der Waals surface area contributed by atoms with Gasteiger partial charge in [-0.1, -0.05) is 6.07 Å². The lowest BCUT2D eigenvalue weighted by atomic mass is 10.1. The van der Waals surface area contributed by atoms with Crippen molar-refractivity contribution in [2.45, 2.75) is 26.2 Å². The van der Waals surface area contributed by atoms with E-state index in [1.54, 1.807) is 19.1 Å². The van der Waals surface area contributed by atoms with Crippen LogP contribution in [0.25, 0.3) is 0 Å². The maximum absolute atomic E-state index is 12.3. The fourth-order valence-electron chi connectivity index (χ4n) is 2.76. The number of anilines is 1. The molecule has 5 heteroatoms. The summed E-state index contributed by atoms with van der Waals surface area (Å²) in [5, 5.41) is 11.8. The standard InChI is InChI=1S/C16H16N2O3/c1-9-7-13(14(17-9)16(20)21)18-15(19)12-6-5-10-3-2-4-11(10)8-12/h5-8,17H,2-4H2,1H3,(H,18,19)(H,20,21). The highest BCUT2D eigenvalue weighted by atomic mass is 16.4. The largest absolute Gasteiger partial charge is 0.477 e. The van der Waals surface area contributed by atoms with E-state index < -0.39 is 5.97 Å². The van der Waals surface area contributed by atoms with Gasteiger partial charge in [-0.2, -0.15) is 0 Å². The first-order valence-corrected chi connectivity index (χ1v) is 6.90. The Morgan fingerprint density at radius 2 is 1.95 bits per heavy atom. The maximum atomic E-state index is 12.3. The molecule has 2 aromatic rings. The van der Waals surface area contributed by atoms with E-state index in [1.807, 2.05) is 12.1 Å². The summed E-state index contributed by atoms with van der Waals surface area (Å²) >= 11 is 0. The third-order valence-corrected chi connectivity index (χ3v) is 3.78. The molecule has 1 aliphatic rings. The van der Waals surface area contributed by atoms with Gasteiger partial charge >= 0.3 is 5.97 Å². The van der Waals surface area contributed by atoms with Crippen molar-refractivity contribution in [3.63, 3.8) is 0 Å². The molecular formula is C16H16N2O3. The van der Waals surface area contributed by atoms with Gasteiger partial charge in [-0.15, -0.1) is 0 Å². The Balaban J connectivity index is 1.85. The molecule has 3 N–H and O–H groups in total. The fraction of sp³-hybridized carbons (Fsp3) is 0.250. The van der Waals surface area contributed by atoms with E-state index in [4.69, 9.17) is 5.11 Å². The van der Waals surface area contributed by atoms with Gasteiger partial charge in [0.15, 0.2) is 0 Å². The molecule has 0 spiro atoms. The summed E-state index contributed by atoms with van der Waals surface area (Å²) in [7, 11) is 0. The van der Waals surface area contributed by atoms with E-state index in [-0.39, 0.29) is 11.6 Å². The molecule has 1 amide bonds. The molecular weight excluding hydrogens is 268 g/mol. The van der Waals surface area contributed by atoms with Crippen molar-refractivity contribution in [2.24, 2.45) is 0 Å². The summed E-state index contributed by atoms with van der Waals surface area (Å²) in [6.45, 7) is 1.75. The van der Waals surface area contributed by atoms with Gasteiger partial charge in [0.2, 0.25) is 0 Å². The summed E-state index contributed by atoms with van der Waals surface area (Å²) in [5.41, 5.74) is 4.07. The molecule has 0 fully saturated rings. The van der Waals surface area contributed by atoms with Crippen LogP contribution in [0.1, 0.15) is 44.1 Å². The number of carbonyl (C=O) groups excluding carboxylic acids is 1. The second kappa shape index (κ2) is 5.09. The van der Waals surface area contributed by atoms with E-state index in [2.05, 4.69) is 10.3 Å². The summed E-state index contributed by atoms with van der Waals surface area (Å²) < 4.78 is 0. The molecule has 1 heterocycles. The predicted octanol–water partition coefficient (Wildman–Crippen LogP) is 2.76. The third kappa shape index (κ3) is 2.54. The van der Waals surface area contributed by atoms with Crippen LogP contribution in [0.15, 0.2) is 24.3 Å². The van der Waals surface area contributed by atoms with Gasteiger partial charge < -0.3 is 15.4 Å². The SMILES string of the molecule is Cc1cc(NC(=O)c2ccc3c(c2)CCC3)c(C(=O)O)[nH]1. The molecule has 0 saturated carbocycles. The van der Waals surface area contributed by atoms with Crippen LogP contribution in [0.4, 0.5) is 5.69 Å². The smallest absolute Gasteiger partial charge is 0.354 e. The average Bonchev–Trinajstić information content (AvgIpc) is 3.04. The molecule has 5 nitrogen and oxygen atoms in total. The number of carboxylic acid groups (broad SMARTS) is 1. The van der Waals surface area contributed by atoms with E-state index in [9.17, 15) is 9.59 Å². The number of hydrogen-bond acceptors (Lipinski definition) is 2. The van der Waals surface area contributed by atoms with Crippen LogP contribution in [0.5, 0.6) is 0 Å². The van der Waals surface area contributed by atoms with Crippen LogP contribution in [-0.2, 0) is 12.8 Å². The first-order chi connectivity index (χ1) is 10.0. The number of carboxylic acids is 1. The van der Waals surface area contributed by atoms with Gasteiger partial charge in [-0.3, -0.25) is 4.79 Å². The highest BCUT2D eigenvalue weighted by molar-refractivity contribution is 6.07. The van der Waals surface area contributed by atoms with Crippen molar-refractivity contribution in [2.75, 3.05) is 5.32 Å². The number of fused-ring (bicyclic) bond motifs is 1. The summed E-state index contributed by atoms with van der Waals surface area (Å²) in [6, 6.07) is 7.30. The Hall–Kier alpha value is -2.56. The van der Waals surface area contributed by atoms with Gasteiger partial charge in [-0.25, -0.2) is 4.79 Å². The monoisotopic (exact) mass is 284 g/mol. The topological polar surface area (TPSA) is 82.2 Å². The predicted molar refractivity (Wildman–Crippen MR) is 78.9 cm³/mol. The molecule has 1 aromatic heterocycles. The second-order valence-electron chi connectivity index (χ2n) is 5.34. The second-order valence-corrected chi connectivity index (χ2v) is 5.34. The summed E-state index contributed by atoms with van der Waals surface area (Å²) in [4.78, 5) is 26.1. The van der Waals surface area contributed by atoms with E-state index in [1.165, 1.54) is 11.1 Å². The first kappa shape index (κ1) is 13.4. The average molecular weight is 284 g/mol. The number of H-pyrrole nitrogens is 1. The Morgan fingerprint density at radius 3 is 2.71 bits per heavy atom. The molecule has 21 heavy (non-hydrogen) atoms. The van der Waals surface area contributed by atoms with Gasteiger partial charge in [0.25, 0.3) is 5.91 Å². The highest BCUT2D eigenvalue weighted by Gasteiger charge is 2.18. The zero-order chi connectivity index (χ0) is 15.0. The van der Waals surface area contributed by atoms with Gasteiger partial charge in [-0.05, 0) is 55.5 Å². The fourth-order valence-corrected chi connectivity index (χ4v) is 2.76. The molecule has 1 aromatic carbocycles. The maximum Gasteiger partial charge on any atom is 0.354 e. The van der Waals surface area contributed by atoms with E-state index in [0.717, 1.165) is 19.3 Å². The molecule has 0 bridgehead atoms. The van der Waals surface area contributed by atoms with Crippen LogP contribution in [-0.4, -0.2) is 22.0 Å². The van der Waals surface area contributed by atoms with Crippen molar-refractivity contribution in [3.05, 3.63) is 52.3 Å². The molecule has 0 radical (unpaired) electrons. The van der Waals surface area contributed by atoms with Crippen LogP contribution in [0, 0.1) is 6.92 Å². The third-order valence-electron chi connectivity index (χ3n) is 3.78. The Morgan fingerprint density at radius 1 is 1.19 bits per heavy atom. The van der Waals surface area contributed by atoms with E-state index in [0.29, 0.717) is 16.9 Å². The van der Waals surface area contributed by atoms with Gasteiger partial charge in [0.05, 0.1) is 5.69 Å². The normalized spacial score (nSPS) is 13.0. The van der Waals surface area contributed by atoms with Gasteiger partial charge in [0.1, 0.15) is 5.69 Å². The summed E-state index contributed by atoms with van der Waals surface area (Å²) in [6.07, 6.45) is 3.19. The first-order valence-electron chi connectivity index (χ1n) is 6.90. The van der Waals surface area contributed by atoms with Crippen LogP contribution < -0.4 is 5.32 Å². The number of rotatable bonds is 3. The van der Waals surface area contributed by atoms with Crippen LogP contribution in [0.3, 0.4) is 0 Å². The number of aromatic carboxylic acids is 1. The Labute approximate surface area is 122 Å². The zero-order valence-electron chi connectivity index (χ0n) is 11.7.